The molecule has 0 radical (unpaired) electrons. The minimum absolute atomic E-state index is 0.365. The van der Waals surface area contributed by atoms with E-state index in [0.29, 0.717) is 22.3 Å². The molecule has 49 heavy (non-hydrogen) atoms. The number of hydrogen-bond acceptors (Lipinski definition) is 4. The second-order valence-corrected chi connectivity index (χ2v) is 15.8. The molecule has 0 saturated heterocycles. The van der Waals surface area contributed by atoms with Crippen molar-refractivity contribution >= 4 is 30.8 Å². The molecule has 3 aliphatic rings. The Morgan fingerprint density at radius 2 is 0.837 bits per heavy atom. The molecule has 0 saturated carbocycles. The molecule has 7 rings (SSSR count). The zero-order valence-corrected chi connectivity index (χ0v) is 27.5. The van der Waals surface area contributed by atoms with Gasteiger partial charge in [0.2, 0.25) is 19.7 Å². The summed E-state index contributed by atoms with van der Waals surface area (Å²) < 4.78 is 152. The van der Waals surface area contributed by atoms with Gasteiger partial charge in [0.05, 0.1) is 19.6 Å². The molecule has 0 atom stereocenters. The molecule has 0 unspecified atom stereocenters. The van der Waals surface area contributed by atoms with Crippen molar-refractivity contribution in [3.63, 3.8) is 0 Å². The largest absolute Gasteiger partial charge is 0.380 e. The molecule has 4 aromatic rings. The van der Waals surface area contributed by atoms with Crippen LogP contribution >= 0.6 is 0 Å². The van der Waals surface area contributed by atoms with Gasteiger partial charge in [-0.2, -0.15) is 26.3 Å². The third-order valence-electron chi connectivity index (χ3n) is 9.31. The van der Waals surface area contributed by atoms with E-state index in [1.54, 1.807) is 60.7 Å². The predicted molar refractivity (Wildman–Crippen MR) is 174 cm³/mol. The molecular weight excluding hydrogens is 687 g/mol. The van der Waals surface area contributed by atoms with E-state index in [1.807, 2.05) is 0 Å². The van der Waals surface area contributed by atoms with E-state index in [9.17, 15) is 16.8 Å². The molecule has 0 N–H and O–H groups in total. The molecule has 0 amide bonds. The van der Waals surface area contributed by atoms with E-state index in [4.69, 9.17) is 0 Å². The maximum absolute atomic E-state index is 16.2. The number of rotatable bonds is 6. The van der Waals surface area contributed by atoms with Crippen LogP contribution in [0.2, 0.25) is 0 Å². The van der Waals surface area contributed by atoms with E-state index >= 15 is 26.3 Å². The van der Waals surface area contributed by atoms with Crippen LogP contribution in [-0.2, 0) is 19.7 Å². The van der Waals surface area contributed by atoms with Crippen LogP contribution in [0.5, 0.6) is 0 Å². The van der Waals surface area contributed by atoms with Crippen LogP contribution in [0.25, 0.3) is 33.4 Å². The number of sulfone groups is 2. The molecular formula is C37H26F6O4S2. The van der Waals surface area contributed by atoms with Crippen LogP contribution in [-0.4, -0.2) is 34.6 Å². The van der Waals surface area contributed by atoms with Gasteiger partial charge in [0, 0.05) is 33.4 Å². The van der Waals surface area contributed by atoms with Crippen molar-refractivity contribution in [2.24, 2.45) is 0 Å². The van der Waals surface area contributed by atoms with Crippen molar-refractivity contribution in [3.8, 4) is 22.3 Å². The number of benzene rings is 4. The average molecular weight is 713 g/mol. The summed E-state index contributed by atoms with van der Waals surface area (Å²) in [5.74, 6) is -17.3. The summed E-state index contributed by atoms with van der Waals surface area (Å²) in [6, 6.07) is 24.4. The Hall–Kier alpha value is -4.42. The van der Waals surface area contributed by atoms with Crippen molar-refractivity contribution in [2.75, 3.05) is 0 Å². The van der Waals surface area contributed by atoms with Crippen molar-refractivity contribution in [3.05, 3.63) is 129 Å². The van der Waals surface area contributed by atoms with Crippen LogP contribution in [0.1, 0.15) is 37.8 Å². The van der Waals surface area contributed by atoms with Crippen LogP contribution in [0.4, 0.5) is 26.3 Å². The highest BCUT2D eigenvalue weighted by Crippen LogP contribution is 2.67. The lowest BCUT2D eigenvalue weighted by molar-refractivity contribution is -0.263. The molecule has 1 aliphatic carbocycles. The maximum Gasteiger partial charge on any atom is 0.380 e. The first kappa shape index (κ1) is 33.1. The fraction of sp³-hybridized carbons (Fsp3) is 0.189. The molecule has 12 heteroatoms. The maximum atomic E-state index is 16.2. The Labute approximate surface area is 279 Å². The first-order valence-electron chi connectivity index (χ1n) is 15.3. The number of fused-ring (bicyclic) bond motifs is 2. The minimum atomic E-state index is -6.05. The van der Waals surface area contributed by atoms with Crippen molar-refractivity contribution in [1.82, 2.24) is 0 Å². The normalized spacial score (nSPS) is 20.9. The Morgan fingerprint density at radius 3 is 1.16 bits per heavy atom. The van der Waals surface area contributed by atoms with Crippen LogP contribution in [0.3, 0.4) is 0 Å². The summed E-state index contributed by atoms with van der Waals surface area (Å²) in [4.78, 5) is -2.49. The number of halogens is 6. The van der Waals surface area contributed by atoms with Gasteiger partial charge in [-0.05, 0) is 47.2 Å². The van der Waals surface area contributed by atoms with E-state index < -0.39 is 103 Å². The Morgan fingerprint density at radius 1 is 0.490 bits per heavy atom. The standard InChI is InChI=1S/C37H26F6O4S2/c1-3-27-31(25-17-15-23(19-29(25)48(27,44)45)21-11-7-5-8-12-21)33-34(36(40,41)37(42,43)35(33,38)39)32-26-18-16-24(22-13-9-6-10-14-22)20-30(26)49(46,47)28(32)4-2/h5-20H,3-4H2,1-2H3. The smallest absolute Gasteiger partial charge is 0.219 e. The van der Waals surface area contributed by atoms with Crippen LogP contribution < -0.4 is 0 Å². The monoisotopic (exact) mass is 712 g/mol. The zero-order valence-electron chi connectivity index (χ0n) is 25.9. The van der Waals surface area contributed by atoms with Gasteiger partial charge in [0.25, 0.3) is 0 Å². The molecule has 4 nitrogen and oxygen atoms in total. The van der Waals surface area contributed by atoms with Crippen LogP contribution in [0.15, 0.2) is 128 Å². The van der Waals surface area contributed by atoms with Gasteiger partial charge < -0.3 is 0 Å². The summed E-state index contributed by atoms with van der Waals surface area (Å²) in [6.45, 7) is 2.58. The molecule has 0 fully saturated rings. The molecule has 2 heterocycles. The predicted octanol–water partition coefficient (Wildman–Crippen LogP) is 9.75. The molecule has 0 bridgehead atoms. The topological polar surface area (TPSA) is 68.3 Å². The average Bonchev–Trinajstić information content (AvgIpc) is 3.48. The van der Waals surface area contributed by atoms with E-state index in [2.05, 4.69) is 0 Å². The van der Waals surface area contributed by atoms with E-state index in [-0.39, 0.29) is 0 Å². The zero-order chi connectivity index (χ0) is 35.3. The fourth-order valence-electron chi connectivity index (χ4n) is 7.03. The highest BCUT2D eigenvalue weighted by molar-refractivity contribution is 7.96. The summed E-state index contributed by atoms with van der Waals surface area (Å²) in [7, 11) is -9.27. The third kappa shape index (κ3) is 4.35. The lowest BCUT2D eigenvalue weighted by Crippen LogP contribution is -2.49. The molecule has 4 aromatic carbocycles. The van der Waals surface area contributed by atoms with Crippen LogP contribution in [0, 0.1) is 0 Å². The number of hydrogen-bond donors (Lipinski definition) is 0. The molecule has 252 valence electrons. The quantitative estimate of drug-likeness (QED) is 0.187. The Kier molecular flexibility index (Phi) is 7.29. The lowest BCUT2D eigenvalue weighted by atomic mass is 9.86. The number of allylic oxidation sites excluding steroid dienone is 6. The first-order valence-corrected chi connectivity index (χ1v) is 18.3. The number of alkyl halides is 6. The molecule has 0 spiro atoms. The highest BCUT2D eigenvalue weighted by Gasteiger charge is 2.81. The van der Waals surface area contributed by atoms with Crippen molar-refractivity contribution < 1.29 is 43.2 Å². The Bertz CT molecular complexity index is 2230. The Balaban J connectivity index is 1.58. The van der Waals surface area contributed by atoms with Gasteiger partial charge in [0.15, 0.2) is 0 Å². The highest BCUT2D eigenvalue weighted by atomic mass is 32.2. The third-order valence-corrected chi connectivity index (χ3v) is 13.4. The first-order chi connectivity index (χ1) is 23.0. The molecule has 0 aromatic heterocycles. The van der Waals surface area contributed by atoms with Gasteiger partial charge in [0.1, 0.15) is 0 Å². The summed E-state index contributed by atoms with van der Waals surface area (Å²) in [5.41, 5.74) is -4.77. The SMILES string of the molecule is CCC1=C(C2=C(C3=C(CC)S(=O)(=O)c4cc(-c5ccccc5)ccc43)C(F)(F)C(F)(F)C2(F)F)c2ccc(-c3ccccc3)cc2S1(=O)=O. The summed E-state index contributed by atoms with van der Waals surface area (Å²) >= 11 is 0. The minimum Gasteiger partial charge on any atom is -0.219 e. The van der Waals surface area contributed by atoms with Crippen molar-refractivity contribution in [2.45, 2.75) is 54.2 Å². The van der Waals surface area contributed by atoms with Gasteiger partial charge in [-0.25, -0.2) is 16.8 Å². The van der Waals surface area contributed by atoms with E-state index in [1.165, 1.54) is 38.1 Å². The second kappa shape index (κ2) is 10.8. The van der Waals surface area contributed by atoms with Crippen molar-refractivity contribution in [1.29, 1.82) is 0 Å². The van der Waals surface area contributed by atoms with Gasteiger partial charge >= 0.3 is 17.8 Å². The molecule has 2 aliphatic heterocycles. The summed E-state index contributed by atoms with van der Waals surface area (Å²) in [5, 5.41) is 0. The van der Waals surface area contributed by atoms with E-state index in [0.717, 1.165) is 12.1 Å². The van der Waals surface area contributed by atoms with Gasteiger partial charge in [-0.15, -0.1) is 0 Å². The van der Waals surface area contributed by atoms with Gasteiger partial charge in [-0.1, -0.05) is 98.8 Å². The van der Waals surface area contributed by atoms with Gasteiger partial charge in [-0.3, -0.25) is 0 Å². The second-order valence-electron chi connectivity index (χ2n) is 11.9. The summed E-state index contributed by atoms with van der Waals surface area (Å²) in [6.07, 6.45) is -0.988. The lowest BCUT2D eigenvalue weighted by Gasteiger charge is -2.26. The fourth-order valence-corrected chi connectivity index (χ4v) is 10.8.